The van der Waals surface area contributed by atoms with E-state index in [1.54, 1.807) is 19.1 Å². The smallest absolute Gasteiger partial charge is 0.330 e. The predicted octanol–water partition coefficient (Wildman–Crippen LogP) is 1.59. The summed E-state index contributed by atoms with van der Waals surface area (Å²) in [4.78, 5) is 25.6. The van der Waals surface area contributed by atoms with E-state index in [9.17, 15) is 14.9 Å². The molecule has 8 heteroatoms. The van der Waals surface area contributed by atoms with Gasteiger partial charge in [-0.25, -0.2) is 14.5 Å². The van der Waals surface area contributed by atoms with Gasteiger partial charge in [0, 0.05) is 17.7 Å². The van der Waals surface area contributed by atoms with Gasteiger partial charge in [-0.2, -0.15) is 5.10 Å². The van der Waals surface area contributed by atoms with Crippen LogP contribution in [0.4, 0.5) is 5.69 Å². The van der Waals surface area contributed by atoms with Crippen molar-refractivity contribution in [2.75, 3.05) is 7.11 Å². The molecule has 1 heterocycles. The van der Waals surface area contributed by atoms with Crippen LogP contribution >= 0.6 is 0 Å². The van der Waals surface area contributed by atoms with Crippen LogP contribution in [-0.4, -0.2) is 32.8 Å². The van der Waals surface area contributed by atoms with Gasteiger partial charge in [0.25, 0.3) is 5.69 Å². The molecular formula is C12H12N4O4. The number of carbonyl (C=O) groups excluding carboxylic acids is 1. The normalized spacial score (nSPS) is 11.9. The molecule has 0 unspecified atom stereocenters. The van der Waals surface area contributed by atoms with Crippen molar-refractivity contribution < 1.29 is 14.5 Å². The largest absolute Gasteiger partial charge is 0.467 e. The van der Waals surface area contributed by atoms with Crippen LogP contribution in [0.2, 0.25) is 0 Å². The molecule has 1 atom stereocenters. The van der Waals surface area contributed by atoms with Gasteiger partial charge in [-0.15, -0.1) is 0 Å². The zero-order valence-electron chi connectivity index (χ0n) is 10.9. The number of non-ortho nitro benzene ring substituents is 1. The highest BCUT2D eigenvalue weighted by molar-refractivity contribution is 5.73. The van der Waals surface area contributed by atoms with Crippen molar-refractivity contribution in [3.63, 3.8) is 0 Å². The van der Waals surface area contributed by atoms with Crippen LogP contribution in [0.3, 0.4) is 0 Å². The fraction of sp³-hybridized carbons (Fsp3) is 0.250. The van der Waals surface area contributed by atoms with E-state index in [-0.39, 0.29) is 5.69 Å². The number of hydrogen-bond acceptors (Lipinski definition) is 6. The third kappa shape index (κ3) is 2.63. The average molecular weight is 276 g/mol. The van der Waals surface area contributed by atoms with Crippen molar-refractivity contribution >= 4 is 11.7 Å². The van der Waals surface area contributed by atoms with Crippen molar-refractivity contribution in [3.8, 4) is 11.4 Å². The number of methoxy groups -OCH3 is 1. The summed E-state index contributed by atoms with van der Waals surface area (Å²) < 4.78 is 6.00. The van der Waals surface area contributed by atoms with Crippen LogP contribution in [0.25, 0.3) is 11.4 Å². The molecule has 0 aliphatic heterocycles. The molecule has 0 aliphatic rings. The molecule has 0 amide bonds. The fourth-order valence-electron chi connectivity index (χ4n) is 1.60. The molecule has 0 saturated heterocycles. The third-order valence-corrected chi connectivity index (χ3v) is 2.78. The van der Waals surface area contributed by atoms with E-state index in [0.29, 0.717) is 11.4 Å². The molecule has 0 aliphatic carbocycles. The molecule has 2 rings (SSSR count). The zero-order chi connectivity index (χ0) is 14.7. The molecule has 1 aromatic carbocycles. The number of nitro groups is 1. The summed E-state index contributed by atoms with van der Waals surface area (Å²) in [6, 6.07) is 5.28. The van der Waals surface area contributed by atoms with Gasteiger partial charge >= 0.3 is 5.97 Å². The Hall–Kier alpha value is -2.77. The number of aromatic nitrogens is 3. The van der Waals surface area contributed by atoms with Gasteiger partial charge in [-0.1, -0.05) is 0 Å². The minimum atomic E-state index is -0.584. The first-order valence-electron chi connectivity index (χ1n) is 5.76. The Morgan fingerprint density at radius 1 is 1.40 bits per heavy atom. The van der Waals surface area contributed by atoms with E-state index < -0.39 is 16.9 Å². The van der Waals surface area contributed by atoms with Gasteiger partial charge in [0.2, 0.25) is 0 Å². The number of rotatable bonds is 4. The molecule has 0 N–H and O–H groups in total. The molecule has 2 aromatic rings. The van der Waals surface area contributed by atoms with Crippen LogP contribution in [0.15, 0.2) is 30.6 Å². The Bertz CT molecular complexity index is 635. The fourth-order valence-corrected chi connectivity index (χ4v) is 1.60. The summed E-state index contributed by atoms with van der Waals surface area (Å²) in [7, 11) is 1.30. The van der Waals surface area contributed by atoms with Crippen molar-refractivity contribution in [3.05, 3.63) is 40.7 Å². The van der Waals surface area contributed by atoms with Gasteiger partial charge in [0.15, 0.2) is 5.82 Å². The second-order valence-electron chi connectivity index (χ2n) is 4.05. The predicted molar refractivity (Wildman–Crippen MR) is 68.8 cm³/mol. The molecule has 104 valence electrons. The average Bonchev–Trinajstić information content (AvgIpc) is 2.95. The monoisotopic (exact) mass is 276 g/mol. The van der Waals surface area contributed by atoms with E-state index in [2.05, 4.69) is 14.8 Å². The summed E-state index contributed by atoms with van der Waals surface area (Å²) in [5.41, 5.74) is 0.627. The van der Waals surface area contributed by atoms with Crippen LogP contribution < -0.4 is 0 Å². The summed E-state index contributed by atoms with van der Waals surface area (Å²) >= 11 is 0. The van der Waals surface area contributed by atoms with Crippen molar-refractivity contribution in [1.29, 1.82) is 0 Å². The van der Waals surface area contributed by atoms with Gasteiger partial charge in [0.1, 0.15) is 12.4 Å². The minimum absolute atomic E-state index is 0.00360. The maximum absolute atomic E-state index is 11.4. The van der Waals surface area contributed by atoms with E-state index in [0.717, 1.165) is 0 Å². The SMILES string of the molecule is COC(=O)[C@@H](C)n1cnc(-c2ccc([N+](=O)[O-])cc2)n1. The first-order chi connectivity index (χ1) is 9.52. The van der Waals surface area contributed by atoms with Crippen molar-refractivity contribution in [1.82, 2.24) is 14.8 Å². The number of benzene rings is 1. The highest BCUT2D eigenvalue weighted by atomic mass is 16.6. The van der Waals surface area contributed by atoms with Crippen LogP contribution in [0.5, 0.6) is 0 Å². The van der Waals surface area contributed by atoms with Crippen molar-refractivity contribution in [2.45, 2.75) is 13.0 Å². The molecule has 0 fully saturated rings. The minimum Gasteiger partial charge on any atom is -0.467 e. The third-order valence-electron chi connectivity index (χ3n) is 2.78. The number of nitrogens with zero attached hydrogens (tertiary/aromatic N) is 4. The highest BCUT2D eigenvalue weighted by Crippen LogP contribution is 2.19. The summed E-state index contributed by atoms with van der Waals surface area (Å²) in [5, 5.41) is 14.7. The Morgan fingerprint density at radius 3 is 2.60 bits per heavy atom. The first kappa shape index (κ1) is 13.7. The lowest BCUT2D eigenvalue weighted by Gasteiger charge is -2.07. The van der Waals surface area contributed by atoms with Crippen LogP contribution in [-0.2, 0) is 9.53 Å². The molecule has 20 heavy (non-hydrogen) atoms. The van der Waals surface area contributed by atoms with E-state index in [1.807, 2.05) is 0 Å². The summed E-state index contributed by atoms with van der Waals surface area (Å²) in [6.07, 6.45) is 1.42. The maximum atomic E-state index is 11.4. The lowest BCUT2D eigenvalue weighted by atomic mass is 10.2. The number of hydrogen-bond donors (Lipinski definition) is 0. The molecule has 0 spiro atoms. The maximum Gasteiger partial charge on any atom is 0.330 e. The standard InChI is InChI=1S/C12H12N4O4/c1-8(12(17)20-2)15-7-13-11(14-15)9-3-5-10(6-4-9)16(18)19/h3-8H,1-2H3/t8-/m1/s1. The molecule has 0 radical (unpaired) electrons. The quantitative estimate of drug-likeness (QED) is 0.477. The molecule has 0 bridgehead atoms. The first-order valence-corrected chi connectivity index (χ1v) is 5.76. The molecule has 1 aromatic heterocycles. The number of ether oxygens (including phenoxy) is 1. The second kappa shape index (κ2) is 5.47. The van der Waals surface area contributed by atoms with Gasteiger partial charge in [-0.3, -0.25) is 10.1 Å². The van der Waals surface area contributed by atoms with Gasteiger partial charge < -0.3 is 4.74 Å². The van der Waals surface area contributed by atoms with Crippen molar-refractivity contribution in [2.24, 2.45) is 0 Å². The number of carbonyl (C=O) groups is 1. The zero-order valence-corrected chi connectivity index (χ0v) is 10.9. The Balaban J connectivity index is 2.24. The number of nitro benzene ring substituents is 1. The second-order valence-corrected chi connectivity index (χ2v) is 4.05. The highest BCUT2D eigenvalue weighted by Gasteiger charge is 2.17. The Morgan fingerprint density at radius 2 is 2.05 bits per heavy atom. The molecular weight excluding hydrogens is 264 g/mol. The number of esters is 1. The van der Waals surface area contributed by atoms with Crippen LogP contribution in [0, 0.1) is 10.1 Å². The van der Waals surface area contributed by atoms with Gasteiger partial charge in [-0.05, 0) is 19.1 Å². The summed E-state index contributed by atoms with van der Waals surface area (Å²) in [6.45, 7) is 1.64. The summed E-state index contributed by atoms with van der Waals surface area (Å²) in [5.74, 6) is -0.0409. The van der Waals surface area contributed by atoms with Gasteiger partial charge in [0.05, 0.1) is 12.0 Å². The lowest BCUT2D eigenvalue weighted by molar-refractivity contribution is -0.384. The molecule has 0 saturated carbocycles. The Kier molecular flexibility index (Phi) is 3.74. The Labute approximate surface area is 114 Å². The topological polar surface area (TPSA) is 100 Å². The van der Waals surface area contributed by atoms with E-state index >= 15 is 0 Å². The van der Waals surface area contributed by atoms with E-state index in [1.165, 1.54) is 30.3 Å². The molecule has 8 nitrogen and oxygen atoms in total. The van der Waals surface area contributed by atoms with E-state index in [4.69, 9.17) is 0 Å². The lowest BCUT2D eigenvalue weighted by Crippen LogP contribution is -2.18. The van der Waals surface area contributed by atoms with Crippen LogP contribution in [0.1, 0.15) is 13.0 Å².